The molecule has 0 aromatic carbocycles. The Labute approximate surface area is 126 Å². The highest BCUT2D eigenvalue weighted by Gasteiger charge is 2.16. The van der Waals surface area contributed by atoms with Crippen LogP contribution >= 0.6 is 0 Å². The molecular formula is C16H13N5O. The monoisotopic (exact) mass is 291 g/mol. The van der Waals surface area contributed by atoms with Crippen molar-refractivity contribution in [3.63, 3.8) is 0 Å². The zero-order chi connectivity index (χ0) is 15.7. The molecule has 108 valence electrons. The van der Waals surface area contributed by atoms with E-state index in [1.54, 1.807) is 35.0 Å². The number of aromatic nitrogens is 3. The van der Waals surface area contributed by atoms with Crippen LogP contribution < -0.4 is 0 Å². The number of carbonyl (C=O) groups excluding carboxylic acids is 1. The topological polar surface area (TPSA) is 95.5 Å². The lowest BCUT2D eigenvalue weighted by atomic mass is 10.0. The molecule has 6 nitrogen and oxygen atoms in total. The van der Waals surface area contributed by atoms with Crippen molar-refractivity contribution in [2.75, 3.05) is 0 Å². The Morgan fingerprint density at radius 3 is 2.68 bits per heavy atom. The minimum Gasteiger partial charge on any atom is -0.299 e. The Morgan fingerprint density at radius 2 is 2.00 bits per heavy atom. The van der Waals surface area contributed by atoms with E-state index in [2.05, 4.69) is 10.1 Å². The molecule has 0 atom stereocenters. The van der Waals surface area contributed by atoms with E-state index < -0.39 is 0 Å². The number of allylic oxidation sites excluding steroid dienone is 4. The van der Waals surface area contributed by atoms with Gasteiger partial charge in [0, 0.05) is 11.3 Å². The van der Waals surface area contributed by atoms with Gasteiger partial charge in [0.25, 0.3) is 0 Å². The van der Waals surface area contributed by atoms with Gasteiger partial charge in [-0.3, -0.25) is 15.6 Å². The molecule has 0 aliphatic heterocycles. The van der Waals surface area contributed by atoms with Gasteiger partial charge in [0.15, 0.2) is 12.1 Å². The molecule has 2 heterocycles. The molecule has 0 spiro atoms. The fraction of sp³-hybridized carbons (Fsp3) is 0.0625. The van der Waals surface area contributed by atoms with Crippen LogP contribution in [-0.4, -0.2) is 32.5 Å². The quantitative estimate of drug-likeness (QED) is 0.671. The lowest BCUT2D eigenvalue weighted by molar-refractivity contribution is 0.111. The summed E-state index contributed by atoms with van der Waals surface area (Å²) in [4.78, 5) is 15.5. The van der Waals surface area contributed by atoms with Crippen LogP contribution in [0.5, 0.6) is 0 Å². The summed E-state index contributed by atoms with van der Waals surface area (Å²) in [6.07, 6.45) is 5.55. The van der Waals surface area contributed by atoms with E-state index in [9.17, 15) is 4.79 Å². The molecule has 22 heavy (non-hydrogen) atoms. The molecule has 0 fully saturated rings. The van der Waals surface area contributed by atoms with Crippen molar-refractivity contribution in [3.05, 3.63) is 59.6 Å². The van der Waals surface area contributed by atoms with Crippen molar-refractivity contribution in [1.82, 2.24) is 14.8 Å². The molecule has 0 bridgehead atoms. The van der Waals surface area contributed by atoms with E-state index in [0.29, 0.717) is 29.1 Å². The molecule has 0 saturated carbocycles. The second kappa shape index (κ2) is 5.33. The fourth-order valence-electron chi connectivity index (χ4n) is 2.19. The van der Waals surface area contributed by atoms with Crippen molar-refractivity contribution in [1.29, 1.82) is 10.8 Å². The van der Waals surface area contributed by atoms with Gasteiger partial charge in [0.05, 0.1) is 17.1 Å². The summed E-state index contributed by atoms with van der Waals surface area (Å²) in [5.74, 6) is 0.601. The highest BCUT2D eigenvalue weighted by molar-refractivity contribution is 6.50. The standard InChI is InChI=1S/C16H13N5O/c1-10-3-2-4-16(19-10)21-15(8-12(9-22)20-21)11-5-6-13(17)14(18)7-11/h2-9,17-18H,1H3. The Bertz CT molecular complexity index is 857. The molecule has 2 aromatic heterocycles. The van der Waals surface area contributed by atoms with Gasteiger partial charge in [0.2, 0.25) is 0 Å². The molecule has 2 N–H and O–H groups in total. The fourth-order valence-corrected chi connectivity index (χ4v) is 2.19. The Balaban J connectivity index is 2.16. The van der Waals surface area contributed by atoms with Gasteiger partial charge in [-0.1, -0.05) is 12.1 Å². The van der Waals surface area contributed by atoms with Crippen LogP contribution in [0.25, 0.3) is 11.4 Å². The number of carbonyl (C=O) groups is 1. The number of aryl methyl sites for hydroxylation is 1. The molecule has 0 unspecified atom stereocenters. The number of pyridine rings is 1. The smallest absolute Gasteiger partial charge is 0.170 e. The summed E-state index contributed by atoms with van der Waals surface area (Å²) in [5, 5.41) is 19.6. The van der Waals surface area contributed by atoms with Gasteiger partial charge < -0.3 is 0 Å². The molecular weight excluding hydrogens is 278 g/mol. The predicted octanol–water partition coefficient (Wildman–Crippen LogP) is 2.38. The molecule has 6 heteroatoms. The summed E-state index contributed by atoms with van der Waals surface area (Å²) in [6.45, 7) is 1.88. The number of rotatable bonds is 3. The van der Waals surface area contributed by atoms with E-state index in [1.807, 2.05) is 19.1 Å². The van der Waals surface area contributed by atoms with E-state index in [4.69, 9.17) is 10.8 Å². The third kappa shape index (κ3) is 2.42. The van der Waals surface area contributed by atoms with Gasteiger partial charge >= 0.3 is 0 Å². The van der Waals surface area contributed by atoms with Crippen LogP contribution in [-0.2, 0) is 0 Å². The second-order valence-electron chi connectivity index (χ2n) is 4.88. The van der Waals surface area contributed by atoms with Crippen LogP contribution in [0.4, 0.5) is 0 Å². The highest BCUT2D eigenvalue weighted by atomic mass is 16.1. The zero-order valence-electron chi connectivity index (χ0n) is 11.9. The molecule has 1 aliphatic rings. The minimum absolute atomic E-state index is 0.120. The largest absolute Gasteiger partial charge is 0.299 e. The normalized spacial score (nSPS) is 14.1. The summed E-state index contributed by atoms with van der Waals surface area (Å²) < 4.78 is 1.58. The maximum absolute atomic E-state index is 11.1. The first-order valence-corrected chi connectivity index (χ1v) is 6.65. The maximum atomic E-state index is 11.1. The Hall–Kier alpha value is -3.15. The first kappa shape index (κ1) is 13.8. The first-order chi connectivity index (χ1) is 10.6. The van der Waals surface area contributed by atoms with Gasteiger partial charge in [0.1, 0.15) is 5.69 Å². The lowest BCUT2D eigenvalue weighted by Gasteiger charge is -2.11. The molecule has 0 radical (unpaired) electrons. The van der Waals surface area contributed by atoms with Crippen molar-refractivity contribution in [2.24, 2.45) is 0 Å². The van der Waals surface area contributed by atoms with Crippen molar-refractivity contribution in [3.8, 4) is 5.82 Å². The third-order valence-corrected chi connectivity index (χ3v) is 3.25. The van der Waals surface area contributed by atoms with Crippen molar-refractivity contribution in [2.45, 2.75) is 6.92 Å². The summed E-state index contributed by atoms with van der Waals surface area (Å²) in [6, 6.07) is 7.20. The van der Waals surface area contributed by atoms with Gasteiger partial charge in [-0.25, -0.2) is 9.67 Å². The lowest BCUT2D eigenvalue weighted by Crippen LogP contribution is -2.11. The average Bonchev–Trinajstić information content (AvgIpc) is 2.94. The first-order valence-electron chi connectivity index (χ1n) is 6.65. The van der Waals surface area contributed by atoms with Crippen LogP contribution in [0.3, 0.4) is 0 Å². The number of nitrogens with zero attached hydrogens (tertiary/aromatic N) is 3. The summed E-state index contributed by atoms with van der Waals surface area (Å²) >= 11 is 0. The van der Waals surface area contributed by atoms with E-state index in [1.165, 1.54) is 0 Å². The van der Waals surface area contributed by atoms with Crippen LogP contribution in [0.2, 0.25) is 0 Å². The summed E-state index contributed by atoms with van der Waals surface area (Å²) in [7, 11) is 0. The highest BCUT2D eigenvalue weighted by Crippen LogP contribution is 2.22. The maximum Gasteiger partial charge on any atom is 0.170 e. The zero-order valence-corrected chi connectivity index (χ0v) is 11.9. The molecule has 2 aromatic rings. The second-order valence-corrected chi connectivity index (χ2v) is 4.88. The summed E-state index contributed by atoms with van der Waals surface area (Å²) in [5.41, 5.74) is 2.78. The number of hydrogen-bond acceptors (Lipinski definition) is 5. The number of hydrogen-bond donors (Lipinski definition) is 2. The Kier molecular flexibility index (Phi) is 3.34. The van der Waals surface area contributed by atoms with E-state index in [-0.39, 0.29) is 11.4 Å². The third-order valence-electron chi connectivity index (χ3n) is 3.25. The van der Waals surface area contributed by atoms with E-state index >= 15 is 0 Å². The van der Waals surface area contributed by atoms with Crippen LogP contribution in [0.1, 0.15) is 21.9 Å². The molecule has 1 aliphatic carbocycles. The van der Waals surface area contributed by atoms with Crippen molar-refractivity contribution >= 4 is 23.3 Å². The molecule has 3 rings (SSSR count). The minimum atomic E-state index is 0.120. The Morgan fingerprint density at radius 1 is 1.18 bits per heavy atom. The molecule has 0 saturated heterocycles. The van der Waals surface area contributed by atoms with E-state index in [0.717, 1.165) is 5.69 Å². The van der Waals surface area contributed by atoms with Gasteiger partial charge in [-0.15, -0.1) is 0 Å². The van der Waals surface area contributed by atoms with Gasteiger partial charge in [-0.05, 0) is 37.3 Å². The average molecular weight is 291 g/mol. The van der Waals surface area contributed by atoms with Crippen LogP contribution in [0.15, 0.2) is 42.5 Å². The number of nitrogens with one attached hydrogen (secondary N) is 2. The van der Waals surface area contributed by atoms with Gasteiger partial charge in [-0.2, -0.15) is 5.10 Å². The van der Waals surface area contributed by atoms with Crippen LogP contribution in [0, 0.1) is 17.7 Å². The SMILES string of the molecule is Cc1cccc(-n2nc(C=O)cc2C2=CC(=N)C(=N)C=C2)n1. The predicted molar refractivity (Wildman–Crippen MR) is 84.1 cm³/mol. The molecule has 0 amide bonds. The van der Waals surface area contributed by atoms with Crippen molar-refractivity contribution < 1.29 is 4.79 Å². The number of aldehydes is 1.